The van der Waals surface area contributed by atoms with Crippen molar-refractivity contribution in [2.45, 2.75) is 13.8 Å². The Balaban J connectivity index is 1.62. The first kappa shape index (κ1) is 21.0. The van der Waals surface area contributed by atoms with E-state index in [-0.39, 0.29) is 40.9 Å². The van der Waals surface area contributed by atoms with Gasteiger partial charge in [-0.2, -0.15) is 4.99 Å². The van der Waals surface area contributed by atoms with E-state index in [0.29, 0.717) is 11.3 Å². The number of amidine groups is 2. The summed E-state index contributed by atoms with van der Waals surface area (Å²) in [4.78, 5) is 34.1. The van der Waals surface area contributed by atoms with Gasteiger partial charge in [0.15, 0.2) is 23.2 Å². The van der Waals surface area contributed by atoms with Gasteiger partial charge in [-0.3, -0.25) is 10.2 Å². The first-order valence-corrected chi connectivity index (χ1v) is 9.71. The molecule has 0 atom stereocenters. The third-order valence-corrected chi connectivity index (χ3v) is 4.56. The predicted octanol–water partition coefficient (Wildman–Crippen LogP) is 3.89. The van der Waals surface area contributed by atoms with Gasteiger partial charge in [0.05, 0.1) is 17.7 Å². The number of nitrogens with one attached hydrogen (secondary N) is 1. The number of fused-ring (bicyclic) bond motifs is 1. The number of carbonyl (C=O) groups is 2. The van der Waals surface area contributed by atoms with Crippen molar-refractivity contribution < 1.29 is 28.3 Å². The second-order valence-electron chi connectivity index (χ2n) is 6.83. The maximum Gasteiger partial charge on any atom is 0.346 e. The second-order valence-corrected chi connectivity index (χ2v) is 6.83. The van der Waals surface area contributed by atoms with Crippen LogP contribution in [0.4, 0.5) is 4.39 Å². The minimum Gasteiger partial charge on any atom is -0.490 e. The zero-order chi connectivity index (χ0) is 22.8. The molecule has 1 N–H and O–H groups in total. The summed E-state index contributed by atoms with van der Waals surface area (Å²) in [5, 5.41) is 9.45. The molecular weight excluding hydrogens is 417 g/mol. The fraction of sp³-hybridized carbons (Fsp3) is 0.130. The maximum absolute atomic E-state index is 13.9. The molecule has 2 aromatic rings. The van der Waals surface area contributed by atoms with Gasteiger partial charge in [0.2, 0.25) is 0 Å². The van der Waals surface area contributed by atoms with Crippen LogP contribution in [0.2, 0.25) is 0 Å². The standard InChI is InChI=1S/C23H18FN3O5/c1-3-30-19-12-14(8-9-18(19)31-23(29)15-6-4-5-7-17(15)24)11-16-21(25)27-20(26-22(16)28)10-13(2)32-27/h4-12,25H,3H2,1-2H3/b16-11-,25-21?. The average molecular weight is 435 g/mol. The van der Waals surface area contributed by atoms with Crippen LogP contribution in [0.15, 0.2) is 64.9 Å². The molecule has 0 aliphatic carbocycles. The normalized spacial score (nSPS) is 16.3. The first-order chi connectivity index (χ1) is 15.4. The zero-order valence-electron chi connectivity index (χ0n) is 17.2. The van der Waals surface area contributed by atoms with Crippen molar-refractivity contribution in [2.24, 2.45) is 4.99 Å². The quantitative estimate of drug-likeness (QED) is 0.434. The highest BCUT2D eigenvalue weighted by atomic mass is 19.1. The number of benzene rings is 2. The molecule has 162 valence electrons. The van der Waals surface area contributed by atoms with Gasteiger partial charge in [0.1, 0.15) is 11.6 Å². The monoisotopic (exact) mass is 435 g/mol. The lowest BCUT2D eigenvalue weighted by Gasteiger charge is -2.23. The van der Waals surface area contributed by atoms with Gasteiger partial charge >= 0.3 is 5.97 Å². The Morgan fingerprint density at radius 3 is 2.78 bits per heavy atom. The molecule has 1 amide bonds. The fourth-order valence-corrected chi connectivity index (χ4v) is 3.12. The van der Waals surface area contributed by atoms with Crippen LogP contribution in [0.3, 0.4) is 0 Å². The van der Waals surface area contributed by atoms with Crippen molar-refractivity contribution in [3.63, 3.8) is 0 Å². The molecule has 0 bridgehead atoms. The summed E-state index contributed by atoms with van der Waals surface area (Å²) in [6.07, 6.45) is 3.03. The molecule has 0 unspecified atom stereocenters. The molecule has 0 saturated heterocycles. The molecule has 8 nitrogen and oxygen atoms in total. The van der Waals surface area contributed by atoms with Crippen LogP contribution in [0, 0.1) is 11.2 Å². The lowest BCUT2D eigenvalue weighted by atomic mass is 10.1. The number of carbonyl (C=O) groups excluding carboxylic acids is 2. The molecule has 2 aromatic carbocycles. The maximum atomic E-state index is 13.9. The fourth-order valence-electron chi connectivity index (χ4n) is 3.12. The Morgan fingerprint density at radius 1 is 1.25 bits per heavy atom. The molecule has 0 aromatic heterocycles. The molecule has 32 heavy (non-hydrogen) atoms. The first-order valence-electron chi connectivity index (χ1n) is 9.71. The molecule has 0 saturated carbocycles. The molecule has 0 fully saturated rings. The van der Waals surface area contributed by atoms with Gasteiger partial charge in [0, 0.05) is 6.08 Å². The number of halogens is 1. The van der Waals surface area contributed by atoms with E-state index < -0.39 is 17.7 Å². The van der Waals surface area contributed by atoms with Crippen molar-refractivity contribution >= 4 is 29.6 Å². The highest BCUT2D eigenvalue weighted by Crippen LogP contribution is 2.31. The van der Waals surface area contributed by atoms with Crippen molar-refractivity contribution in [2.75, 3.05) is 6.61 Å². The summed E-state index contributed by atoms with van der Waals surface area (Å²) in [5.74, 6) is -1.21. The van der Waals surface area contributed by atoms with E-state index in [9.17, 15) is 14.0 Å². The number of hydrogen-bond acceptors (Lipinski definition) is 6. The summed E-state index contributed by atoms with van der Waals surface area (Å²) in [6, 6.07) is 10.1. The van der Waals surface area contributed by atoms with Gasteiger partial charge in [-0.15, -0.1) is 5.06 Å². The van der Waals surface area contributed by atoms with Crippen LogP contribution < -0.4 is 9.47 Å². The Bertz CT molecular complexity index is 1230. The Morgan fingerprint density at radius 2 is 2.03 bits per heavy atom. The number of rotatable bonds is 5. The van der Waals surface area contributed by atoms with Crippen LogP contribution in [0.25, 0.3) is 6.08 Å². The number of hydrogen-bond donors (Lipinski definition) is 1. The summed E-state index contributed by atoms with van der Waals surface area (Å²) >= 11 is 0. The minimum absolute atomic E-state index is 0.0235. The summed E-state index contributed by atoms with van der Waals surface area (Å²) in [6.45, 7) is 3.72. The molecule has 2 aliphatic rings. The molecule has 0 radical (unpaired) electrons. The number of esters is 1. The number of hydroxylamine groups is 2. The Kier molecular flexibility index (Phi) is 5.55. The van der Waals surface area contributed by atoms with E-state index in [1.165, 1.54) is 36.4 Å². The van der Waals surface area contributed by atoms with E-state index in [2.05, 4.69) is 4.99 Å². The van der Waals surface area contributed by atoms with Gasteiger partial charge in [-0.05, 0) is 49.8 Å². The lowest BCUT2D eigenvalue weighted by molar-refractivity contribution is -0.114. The van der Waals surface area contributed by atoms with Crippen LogP contribution in [-0.2, 0) is 9.63 Å². The molecule has 9 heteroatoms. The van der Waals surface area contributed by atoms with Crippen molar-refractivity contribution in [1.82, 2.24) is 5.06 Å². The topological polar surface area (TPSA) is 101 Å². The lowest BCUT2D eigenvalue weighted by Crippen LogP contribution is -2.38. The van der Waals surface area contributed by atoms with Crippen LogP contribution >= 0.6 is 0 Å². The van der Waals surface area contributed by atoms with Gasteiger partial charge in [0.25, 0.3) is 5.91 Å². The summed E-state index contributed by atoms with van der Waals surface area (Å²) < 4.78 is 24.8. The number of aliphatic imine (C=N–C) groups is 1. The Hall–Kier alpha value is -4.27. The molecular formula is C23H18FN3O5. The van der Waals surface area contributed by atoms with Gasteiger partial charge < -0.3 is 14.3 Å². The van der Waals surface area contributed by atoms with Gasteiger partial charge in [-0.25, -0.2) is 9.18 Å². The third kappa shape index (κ3) is 4.00. The molecule has 2 aliphatic heterocycles. The summed E-state index contributed by atoms with van der Waals surface area (Å²) in [5.41, 5.74) is 0.329. The molecule has 2 heterocycles. The van der Waals surface area contributed by atoms with Gasteiger partial charge in [-0.1, -0.05) is 18.2 Å². The van der Waals surface area contributed by atoms with Crippen molar-refractivity contribution in [3.8, 4) is 11.5 Å². The van der Waals surface area contributed by atoms with E-state index in [1.807, 2.05) is 0 Å². The predicted molar refractivity (Wildman–Crippen MR) is 114 cm³/mol. The van der Waals surface area contributed by atoms with E-state index in [4.69, 9.17) is 19.7 Å². The Labute approximate surface area is 182 Å². The smallest absolute Gasteiger partial charge is 0.346 e. The van der Waals surface area contributed by atoms with Crippen LogP contribution in [0.1, 0.15) is 29.8 Å². The van der Waals surface area contributed by atoms with Crippen LogP contribution in [-0.4, -0.2) is 35.2 Å². The number of ether oxygens (including phenoxy) is 2. The van der Waals surface area contributed by atoms with E-state index >= 15 is 0 Å². The highest BCUT2D eigenvalue weighted by Gasteiger charge is 2.34. The highest BCUT2D eigenvalue weighted by molar-refractivity contribution is 6.32. The third-order valence-electron chi connectivity index (χ3n) is 4.56. The molecule has 0 spiro atoms. The summed E-state index contributed by atoms with van der Waals surface area (Å²) in [7, 11) is 0. The van der Waals surface area contributed by atoms with E-state index in [0.717, 1.165) is 5.06 Å². The zero-order valence-corrected chi connectivity index (χ0v) is 17.2. The van der Waals surface area contributed by atoms with Crippen molar-refractivity contribution in [3.05, 3.63) is 76.8 Å². The minimum atomic E-state index is -0.865. The van der Waals surface area contributed by atoms with Crippen LogP contribution in [0.5, 0.6) is 11.5 Å². The number of allylic oxidation sites excluding steroid dienone is 1. The number of amides is 1. The number of nitrogens with zero attached hydrogens (tertiary/aromatic N) is 2. The van der Waals surface area contributed by atoms with E-state index in [1.54, 1.807) is 32.1 Å². The average Bonchev–Trinajstić information content (AvgIpc) is 3.13. The van der Waals surface area contributed by atoms with Crippen molar-refractivity contribution in [1.29, 1.82) is 5.41 Å². The SMILES string of the molecule is CCOc1cc(/C=C2/C(=N)N3OC(C)=CC3=NC2=O)ccc1OC(=O)c1ccccc1F. The largest absolute Gasteiger partial charge is 0.490 e. The second kappa shape index (κ2) is 8.46. The molecule has 4 rings (SSSR count).